The van der Waals surface area contributed by atoms with Crippen molar-refractivity contribution < 1.29 is 9.53 Å². The molecule has 0 saturated carbocycles. The maximum absolute atomic E-state index is 11.8. The second kappa shape index (κ2) is 6.85. The van der Waals surface area contributed by atoms with Gasteiger partial charge in [0.1, 0.15) is 0 Å². The normalized spacial score (nSPS) is 22.2. The molecule has 1 aliphatic heterocycles. The van der Waals surface area contributed by atoms with E-state index in [9.17, 15) is 4.79 Å². The number of esters is 1. The van der Waals surface area contributed by atoms with Crippen LogP contribution in [0.15, 0.2) is 6.20 Å². The molecule has 21 heavy (non-hydrogen) atoms. The van der Waals surface area contributed by atoms with Gasteiger partial charge in [0.25, 0.3) is 0 Å². The third-order valence-corrected chi connectivity index (χ3v) is 4.16. The molecular formula is C15H24N4O2. The van der Waals surface area contributed by atoms with Gasteiger partial charge in [-0.2, -0.15) is 0 Å². The minimum absolute atomic E-state index is 0.349. The van der Waals surface area contributed by atoms with Crippen molar-refractivity contribution in [3.8, 4) is 0 Å². The van der Waals surface area contributed by atoms with E-state index < -0.39 is 0 Å². The van der Waals surface area contributed by atoms with Crippen LogP contribution < -0.4 is 10.6 Å². The second-order valence-electron chi connectivity index (χ2n) is 5.60. The number of piperidine rings is 1. The smallest absolute Gasteiger partial charge is 0.341 e. The topological polar surface area (TPSA) is 81.3 Å². The fraction of sp³-hybridized carbons (Fsp3) is 0.667. The first-order chi connectivity index (χ1) is 10.1. The Morgan fingerprint density at radius 2 is 2.33 bits per heavy atom. The van der Waals surface area contributed by atoms with Crippen molar-refractivity contribution in [2.75, 3.05) is 31.1 Å². The molecule has 1 saturated heterocycles. The molecule has 0 aromatic carbocycles. The van der Waals surface area contributed by atoms with Gasteiger partial charge in [-0.15, -0.1) is 0 Å². The number of nitrogens with two attached hydrogens (primary N) is 1. The lowest BCUT2D eigenvalue weighted by atomic mass is 9.87. The summed E-state index contributed by atoms with van der Waals surface area (Å²) >= 11 is 0. The van der Waals surface area contributed by atoms with Crippen LogP contribution in [-0.4, -0.2) is 42.2 Å². The molecule has 1 fully saturated rings. The fourth-order valence-corrected chi connectivity index (χ4v) is 2.65. The highest BCUT2D eigenvalue weighted by Gasteiger charge is 2.27. The van der Waals surface area contributed by atoms with Crippen LogP contribution in [0.3, 0.4) is 0 Å². The Morgan fingerprint density at radius 3 is 2.95 bits per heavy atom. The maximum atomic E-state index is 11.8. The van der Waals surface area contributed by atoms with Crippen LogP contribution >= 0.6 is 0 Å². The monoisotopic (exact) mass is 292 g/mol. The molecule has 2 N–H and O–H groups in total. The minimum Gasteiger partial charge on any atom is -0.462 e. The molecule has 6 nitrogen and oxygen atoms in total. The number of anilines is 1. The van der Waals surface area contributed by atoms with Crippen molar-refractivity contribution in [3.05, 3.63) is 17.5 Å². The number of hydrogen-bond donors (Lipinski definition) is 1. The predicted octanol–water partition coefficient (Wildman–Crippen LogP) is 1.38. The van der Waals surface area contributed by atoms with Gasteiger partial charge in [-0.3, -0.25) is 0 Å². The molecule has 1 aliphatic rings. The van der Waals surface area contributed by atoms with Crippen molar-refractivity contribution in [2.45, 2.75) is 27.2 Å². The van der Waals surface area contributed by atoms with Gasteiger partial charge < -0.3 is 15.4 Å². The lowest BCUT2D eigenvalue weighted by Gasteiger charge is -2.36. The van der Waals surface area contributed by atoms with Crippen LogP contribution in [0.2, 0.25) is 0 Å². The van der Waals surface area contributed by atoms with Gasteiger partial charge in [0.2, 0.25) is 5.95 Å². The van der Waals surface area contributed by atoms with Crippen LogP contribution in [0.4, 0.5) is 5.95 Å². The number of rotatable bonds is 4. The van der Waals surface area contributed by atoms with Crippen molar-refractivity contribution in [2.24, 2.45) is 17.6 Å². The number of ether oxygens (including phenoxy) is 1. The summed E-state index contributed by atoms with van der Waals surface area (Å²) in [5.74, 6) is 1.40. The first-order valence-electron chi connectivity index (χ1n) is 7.52. The highest BCUT2D eigenvalue weighted by Crippen LogP contribution is 2.25. The van der Waals surface area contributed by atoms with Crippen molar-refractivity contribution in [1.82, 2.24) is 9.97 Å². The Morgan fingerprint density at radius 1 is 1.57 bits per heavy atom. The van der Waals surface area contributed by atoms with Gasteiger partial charge in [0, 0.05) is 19.3 Å². The largest absolute Gasteiger partial charge is 0.462 e. The molecule has 2 atom stereocenters. The minimum atomic E-state index is -0.367. The molecule has 2 unspecified atom stereocenters. The molecular weight excluding hydrogens is 268 g/mol. The van der Waals surface area contributed by atoms with E-state index in [1.807, 2.05) is 6.92 Å². The van der Waals surface area contributed by atoms with E-state index in [0.29, 0.717) is 42.2 Å². The maximum Gasteiger partial charge on any atom is 0.341 e. The van der Waals surface area contributed by atoms with E-state index in [0.717, 1.165) is 19.5 Å². The Hall–Kier alpha value is -1.69. The van der Waals surface area contributed by atoms with E-state index in [-0.39, 0.29) is 5.97 Å². The Kier molecular flexibility index (Phi) is 5.12. The van der Waals surface area contributed by atoms with Gasteiger partial charge >= 0.3 is 5.97 Å². The standard InChI is InChI=1S/C15H24N4O2/c1-4-21-14(20)13-8-17-15(18-11(13)3)19-6-5-10(2)12(7-16)9-19/h8,10,12H,4-7,9,16H2,1-3H3. The first-order valence-corrected chi connectivity index (χ1v) is 7.52. The van der Waals surface area contributed by atoms with Gasteiger partial charge in [-0.25, -0.2) is 14.8 Å². The summed E-state index contributed by atoms with van der Waals surface area (Å²) in [6, 6.07) is 0. The summed E-state index contributed by atoms with van der Waals surface area (Å²) < 4.78 is 4.99. The fourth-order valence-electron chi connectivity index (χ4n) is 2.65. The second-order valence-corrected chi connectivity index (χ2v) is 5.60. The number of carbonyl (C=O) groups excluding carboxylic acids is 1. The van der Waals surface area contributed by atoms with Gasteiger partial charge in [0.15, 0.2) is 0 Å². The summed E-state index contributed by atoms with van der Waals surface area (Å²) in [7, 11) is 0. The zero-order chi connectivity index (χ0) is 15.4. The third kappa shape index (κ3) is 3.50. The zero-order valence-corrected chi connectivity index (χ0v) is 13.0. The van der Waals surface area contributed by atoms with E-state index in [1.54, 1.807) is 13.1 Å². The van der Waals surface area contributed by atoms with Crippen molar-refractivity contribution in [3.63, 3.8) is 0 Å². The lowest BCUT2D eigenvalue weighted by molar-refractivity contribution is 0.0524. The summed E-state index contributed by atoms with van der Waals surface area (Å²) in [5.41, 5.74) is 6.92. The molecule has 0 amide bonds. The molecule has 6 heteroatoms. The van der Waals surface area contributed by atoms with Crippen LogP contribution in [0.1, 0.15) is 36.3 Å². The van der Waals surface area contributed by atoms with E-state index >= 15 is 0 Å². The summed E-state index contributed by atoms with van der Waals surface area (Å²) in [6.07, 6.45) is 2.65. The van der Waals surface area contributed by atoms with Crippen molar-refractivity contribution in [1.29, 1.82) is 0 Å². The van der Waals surface area contributed by atoms with E-state index in [2.05, 4.69) is 21.8 Å². The third-order valence-electron chi connectivity index (χ3n) is 4.16. The Bertz CT molecular complexity index is 506. The molecule has 2 heterocycles. The summed E-state index contributed by atoms with van der Waals surface area (Å²) in [4.78, 5) is 22.7. The SMILES string of the molecule is CCOC(=O)c1cnc(N2CCC(C)C(CN)C2)nc1C. The molecule has 0 radical (unpaired) electrons. The van der Waals surface area contributed by atoms with Crippen LogP contribution in [0.5, 0.6) is 0 Å². The first kappa shape index (κ1) is 15.7. The molecule has 0 bridgehead atoms. The Balaban J connectivity index is 2.14. The number of aryl methyl sites for hydroxylation is 1. The molecule has 1 aromatic rings. The quantitative estimate of drug-likeness (QED) is 0.844. The zero-order valence-electron chi connectivity index (χ0n) is 13.0. The Labute approximate surface area is 125 Å². The van der Waals surface area contributed by atoms with Crippen molar-refractivity contribution >= 4 is 11.9 Å². The van der Waals surface area contributed by atoms with Gasteiger partial charge in [-0.05, 0) is 38.6 Å². The lowest BCUT2D eigenvalue weighted by Crippen LogP contribution is -2.43. The molecule has 116 valence electrons. The van der Waals surface area contributed by atoms with E-state index in [1.165, 1.54) is 0 Å². The highest BCUT2D eigenvalue weighted by molar-refractivity contribution is 5.90. The molecule has 2 rings (SSSR count). The highest BCUT2D eigenvalue weighted by atomic mass is 16.5. The molecule has 0 aliphatic carbocycles. The van der Waals surface area contributed by atoms with Crippen LogP contribution in [0, 0.1) is 18.8 Å². The average molecular weight is 292 g/mol. The summed E-state index contributed by atoms with van der Waals surface area (Å²) in [5, 5.41) is 0. The molecule has 0 spiro atoms. The number of carbonyl (C=O) groups is 1. The average Bonchev–Trinajstić information content (AvgIpc) is 2.47. The van der Waals surface area contributed by atoms with E-state index in [4.69, 9.17) is 10.5 Å². The van der Waals surface area contributed by atoms with Crippen LogP contribution in [-0.2, 0) is 4.74 Å². The summed E-state index contributed by atoms with van der Waals surface area (Å²) in [6.45, 7) is 8.66. The number of aromatic nitrogens is 2. The van der Waals surface area contributed by atoms with Gasteiger partial charge in [-0.1, -0.05) is 6.92 Å². The number of nitrogens with zero attached hydrogens (tertiary/aromatic N) is 3. The number of hydrogen-bond acceptors (Lipinski definition) is 6. The molecule has 1 aromatic heterocycles. The van der Waals surface area contributed by atoms with Crippen LogP contribution in [0.25, 0.3) is 0 Å². The predicted molar refractivity (Wildman–Crippen MR) is 81.3 cm³/mol. The van der Waals surface area contributed by atoms with Gasteiger partial charge in [0.05, 0.1) is 17.9 Å².